The van der Waals surface area contributed by atoms with E-state index in [2.05, 4.69) is 22.0 Å². The number of nitrogens with one attached hydrogen (secondary N) is 3. The van der Waals surface area contributed by atoms with Gasteiger partial charge in [0.05, 0.1) is 11.6 Å². The van der Waals surface area contributed by atoms with Crippen LogP contribution in [0, 0.1) is 18.3 Å². The van der Waals surface area contributed by atoms with Gasteiger partial charge < -0.3 is 16.0 Å². The van der Waals surface area contributed by atoms with Crippen LogP contribution >= 0.6 is 0 Å². The Balaban J connectivity index is 1.82. The molecule has 3 N–H and O–H groups in total. The van der Waals surface area contributed by atoms with Gasteiger partial charge >= 0.3 is 6.03 Å². The Morgan fingerprint density at radius 3 is 2.44 bits per heavy atom. The Morgan fingerprint density at radius 1 is 1.08 bits per heavy atom. The molecule has 0 aliphatic heterocycles. The molecule has 6 nitrogen and oxygen atoms in total. The molecule has 0 bridgehead atoms. The maximum absolute atomic E-state index is 12.0. The zero-order valence-corrected chi connectivity index (χ0v) is 14.2. The third-order valence-corrected chi connectivity index (χ3v) is 3.59. The quantitative estimate of drug-likeness (QED) is 0.782. The molecule has 0 unspecified atom stereocenters. The summed E-state index contributed by atoms with van der Waals surface area (Å²) in [5.74, 6) is -0.109. The van der Waals surface area contributed by atoms with E-state index >= 15 is 0 Å². The summed E-state index contributed by atoms with van der Waals surface area (Å²) >= 11 is 0. The van der Waals surface area contributed by atoms with Gasteiger partial charge in [-0.1, -0.05) is 18.2 Å². The largest absolute Gasteiger partial charge is 0.338 e. The number of hydrogen-bond donors (Lipinski definition) is 3. The van der Waals surface area contributed by atoms with Gasteiger partial charge in [0, 0.05) is 24.8 Å². The summed E-state index contributed by atoms with van der Waals surface area (Å²) in [5, 5.41) is 17.2. The lowest BCUT2D eigenvalue weighted by molar-refractivity contribution is -0.114. The first-order valence-electron chi connectivity index (χ1n) is 7.90. The van der Waals surface area contributed by atoms with E-state index in [1.165, 1.54) is 6.92 Å². The molecule has 0 atom stereocenters. The number of hydrogen-bond acceptors (Lipinski definition) is 3. The van der Waals surface area contributed by atoms with Crippen LogP contribution < -0.4 is 16.0 Å². The lowest BCUT2D eigenvalue weighted by Gasteiger charge is -2.10. The average Bonchev–Trinajstić information content (AvgIpc) is 2.58. The Hall–Kier alpha value is -3.33. The van der Waals surface area contributed by atoms with Crippen LogP contribution in [0.2, 0.25) is 0 Å². The third-order valence-electron chi connectivity index (χ3n) is 3.59. The van der Waals surface area contributed by atoms with Crippen LogP contribution in [0.25, 0.3) is 0 Å². The predicted molar refractivity (Wildman–Crippen MR) is 97.4 cm³/mol. The number of aryl methyl sites for hydroxylation is 1. The molecule has 2 rings (SSSR count). The summed E-state index contributed by atoms with van der Waals surface area (Å²) in [4.78, 5) is 23.0. The Bertz CT molecular complexity index is 807. The lowest BCUT2D eigenvalue weighted by atomic mass is 10.1. The SMILES string of the molecule is CC(=O)Nc1ccc(CCNC(=O)Nc2cc(C#N)ccc2C)cc1. The van der Waals surface area contributed by atoms with Crippen molar-refractivity contribution >= 4 is 23.3 Å². The number of carbonyl (C=O) groups excluding carboxylic acids is 2. The van der Waals surface area contributed by atoms with Crippen molar-refractivity contribution in [1.82, 2.24) is 5.32 Å². The van der Waals surface area contributed by atoms with Gasteiger partial charge in [-0.05, 0) is 48.7 Å². The maximum Gasteiger partial charge on any atom is 0.319 e. The number of carbonyl (C=O) groups is 2. The van der Waals surface area contributed by atoms with Crippen LogP contribution in [0.3, 0.4) is 0 Å². The molecule has 128 valence electrons. The summed E-state index contributed by atoms with van der Waals surface area (Å²) in [5.41, 5.74) is 3.81. The topological polar surface area (TPSA) is 94.0 Å². The Kier molecular flexibility index (Phi) is 6.13. The van der Waals surface area contributed by atoms with E-state index in [0.717, 1.165) is 16.8 Å². The van der Waals surface area contributed by atoms with E-state index in [1.54, 1.807) is 18.2 Å². The highest BCUT2D eigenvalue weighted by molar-refractivity contribution is 5.90. The second-order valence-electron chi connectivity index (χ2n) is 5.65. The third kappa shape index (κ3) is 5.66. The van der Waals surface area contributed by atoms with Crippen molar-refractivity contribution in [3.05, 3.63) is 59.2 Å². The molecule has 2 aromatic carbocycles. The van der Waals surface area contributed by atoms with Gasteiger partial charge in [0.15, 0.2) is 0 Å². The van der Waals surface area contributed by atoms with Crippen molar-refractivity contribution in [2.75, 3.05) is 17.2 Å². The summed E-state index contributed by atoms with van der Waals surface area (Å²) in [7, 11) is 0. The van der Waals surface area contributed by atoms with Crippen molar-refractivity contribution in [3.8, 4) is 6.07 Å². The highest BCUT2D eigenvalue weighted by Crippen LogP contribution is 2.16. The number of anilines is 2. The van der Waals surface area contributed by atoms with Crippen LogP contribution in [0.15, 0.2) is 42.5 Å². The number of rotatable bonds is 5. The zero-order valence-electron chi connectivity index (χ0n) is 14.2. The number of amides is 3. The molecule has 3 amide bonds. The zero-order chi connectivity index (χ0) is 18.2. The fraction of sp³-hybridized carbons (Fsp3) is 0.211. The van der Waals surface area contributed by atoms with Gasteiger partial charge in [0.25, 0.3) is 0 Å². The minimum Gasteiger partial charge on any atom is -0.338 e. The minimum atomic E-state index is -0.312. The van der Waals surface area contributed by atoms with Crippen LogP contribution in [0.5, 0.6) is 0 Å². The van der Waals surface area contributed by atoms with Gasteiger partial charge in [-0.25, -0.2) is 4.79 Å². The van der Waals surface area contributed by atoms with E-state index in [4.69, 9.17) is 5.26 Å². The lowest BCUT2D eigenvalue weighted by Crippen LogP contribution is -2.30. The number of urea groups is 1. The van der Waals surface area contributed by atoms with Crippen LogP contribution in [-0.4, -0.2) is 18.5 Å². The van der Waals surface area contributed by atoms with E-state index in [1.807, 2.05) is 31.2 Å². The molecule has 6 heteroatoms. The summed E-state index contributed by atoms with van der Waals surface area (Å²) < 4.78 is 0. The summed E-state index contributed by atoms with van der Waals surface area (Å²) in [6.07, 6.45) is 0.672. The van der Waals surface area contributed by atoms with Gasteiger partial charge in [0.2, 0.25) is 5.91 Å². The smallest absolute Gasteiger partial charge is 0.319 e. The summed E-state index contributed by atoms with van der Waals surface area (Å²) in [6, 6.07) is 14.4. The van der Waals surface area contributed by atoms with Gasteiger partial charge in [-0.15, -0.1) is 0 Å². The van der Waals surface area contributed by atoms with Gasteiger partial charge in [0.1, 0.15) is 0 Å². The molecule has 0 aliphatic carbocycles. The van der Waals surface area contributed by atoms with Crippen molar-refractivity contribution < 1.29 is 9.59 Å². The van der Waals surface area contributed by atoms with E-state index < -0.39 is 0 Å². The molecule has 0 saturated carbocycles. The van der Waals surface area contributed by atoms with Gasteiger partial charge in [-0.2, -0.15) is 5.26 Å². The monoisotopic (exact) mass is 336 g/mol. The van der Waals surface area contributed by atoms with Crippen LogP contribution in [0.4, 0.5) is 16.2 Å². The van der Waals surface area contributed by atoms with E-state index in [9.17, 15) is 9.59 Å². The molecular weight excluding hydrogens is 316 g/mol. The second-order valence-corrected chi connectivity index (χ2v) is 5.65. The molecule has 2 aromatic rings. The Morgan fingerprint density at radius 2 is 1.80 bits per heavy atom. The summed E-state index contributed by atoms with van der Waals surface area (Å²) in [6.45, 7) is 3.81. The first kappa shape index (κ1) is 18.0. The average molecular weight is 336 g/mol. The number of benzene rings is 2. The highest BCUT2D eigenvalue weighted by Gasteiger charge is 2.05. The molecule has 0 spiro atoms. The standard InChI is InChI=1S/C19H20N4O2/c1-13-3-4-16(12-20)11-18(13)23-19(25)21-10-9-15-5-7-17(8-6-15)22-14(2)24/h3-8,11H,9-10H2,1-2H3,(H,22,24)(H2,21,23,25). The Labute approximate surface area is 146 Å². The maximum atomic E-state index is 12.0. The van der Waals surface area contributed by atoms with E-state index in [-0.39, 0.29) is 11.9 Å². The predicted octanol–water partition coefficient (Wildman–Crippen LogP) is 3.19. The molecule has 25 heavy (non-hydrogen) atoms. The number of nitriles is 1. The minimum absolute atomic E-state index is 0.109. The first-order chi connectivity index (χ1) is 12.0. The molecular formula is C19H20N4O2. The molecule has 0 fully saturated rings. The fourth-order valence-corrected chi connectivity index (χ4v) is 2.27. The van der Waals surface area contributed by atoms with Crippen molar-refractivity contribution in [2.45, 2.75) is 20.3 Å². The number of nitrogens with zero attached hydrogens (tertiary/aromatic N) is 1. The van der Waals surface area contributed by atoms with Crippen molar-refractivity contribution in [1.29, 1.82) is 5.26 Å². The molecule has 0 aromatic heterocycles. The van der Waals surface area contributed by atoms with E-state index in [0.29, 0.717) is 24.2 Å². The highest BCUT2D eigenvalue weighted by atomic mass is 16.2. The molecule has 0 radical (unpaired) electrons. The molecule has 0 heterocycles. The van der Waals surface area contributed by atoms with Gasteiger partial charge in [-0.3, -0.25) is 4.79 Å². The van der Waals surface area contributed by atoms with Crippen LogP contribution in [-0.2, 0) is 11.2 Å². The first-order valence-corrected chi connectivity index (χ1v) is 7.90. The van der Waals surface area contributed by atoms with Crippen LogP contribution in [0.1, 0.15) is 23.6 Å². The van der Waals surface area contributed by atoms with Crippen molar-refractivity contribution in [2.24, 2.45) is 0 Å². The second kappa shape index (κ2) is 8.50. The van der Waals surface area contributed by atoms with Crippen molar-refractivity contribution in [3.63, 3.8) is 0 Å². The molecule has 0 saturated heterocycles. The normalized spacial score (nSPS) is 9.80. The fourth-order valence-electron chi connectivity index (χ4n) is 2.27. The molecule has 0 aliphatic rings.